The highest BCUT2D eigenvalue weighted by Crippen LogP contribution is 2.23. The standard InChI is InChI=1S/C16H18ClN3O2/c17-15-13-4-2-1-3-12(13)11-14(18-15)16(22)20-7-5-19(6-8-20)9-10-21/h1-4,11,21H,5-10H2. The van der Waals surface area contributed by atoms with E-state index in [1.807, 2.05) is 24.3 Å². The van der Waals surface area contributed by atoms with Crippen molar-refractivity contribution < 1.29 is 9.90 Å². The minimum absolute atomic E-state index is 0.0868. The lowest BCUT2D eigenvalue weighted by Crippen LogP contribution is -2.49. The number of amides is 1. The number of fused-ring (bicyclic) bond motifs is 1. The number of rotatable bonds is 3. The van der Waals surface area contributed by atoms with Crippen molar-refractivity contribution in [2.24, 2.45) is 0 Å². The van der Waals surface area contributed by atoms with Crippen LogP contribution in [0.15, 0.2) is 30.3 Å². The van der Waals surface area contributed by atoms with Crippen LogP contribution in [0.3, 0.4) is 0 Å². The van der Waals surface area contributed by atoms with E-state index >= 15 is 0 Å². The molecule has 22 heavy (non-hydrogen) atoms. The summed E-state index contributed by atoms with van der Waals surface area (Å²) >= 11 is 6.19. The van der Waals surface area contributed by atoms with Gasteiger partial charge in [0.25, 0.3) is 5.91 Å². The Morgan fingerprint density at radius 3 is 2.68 bits per heavy atom. The fourth-order valence-electron chi connectivity index (χ4n) is 2.74. The topological polar surface area (TPSA) is 56.7 Å². The van der Waals surface area contributed by atoms with Crippen LogP contribution in [0.1, 0.15) is 10.5 Å². The molecular weight excluding hydrogens is 302 g/mol. The second-order valence-corrected chi connectivity index (χ2v) is 5.73. The summed E-state index contributed by atoms with van der Waals surface area (Å²) in [5.74, 6) is -0.0868. The predicted octanol–water partition coefficient (Wildman–Crippen LogP) is 1.64. The number of aliphatic hydroxyl groups is 1. The van der Waals surface area contributed by atoms with Crippen LogP contribution >= 0.6 is 11.6 Å². The van der Waals surface area contributed by atoms with E-state index in [9.17, 15) is 4.79 Å². The van der Waals surface area contributed by atoms with Crippen molar-refractivity contribution >= 4 is 28.3 Å². The van der Waals surface area contributed by atoms with Gasteiger partial charge in [-0.1, -0.05) is 35.9 Å². The average molecular weight is 320 g/mol. The predicted molar refractivity (Wildman–Crippen MR) is 86.2 cm³/mol. The minimum Gasteiger partial charge on any atom is -0.395 e. The summed E-state index contributed by atoms with van der Waals surface area (Å²) in [7, 11) is 0. The molecule has 1 aromatic heterocycles. The lowest BCUT2D eigenvalue weighted by Gasteiger charge is -2.34. The van der Waals surface area contributed by atoms with Crippen molar-refractivity contribution in [3.8, 4) is 0 Å². The third kappa shape index (κ3) is 3.06. The van der Waals surface area contributed by atoms with Crippen LogP contribution in [0.5, 0.6) is 0 Å². The van der Waals surface area contributed by atoms with Gasteiger partial charge in [0.05, 0.1) is 6.61 Å². The first-order chi connectivity index (χ1) is 10.7. The van der Waals surface area contributed by atoms with Gasteiger partial charge in [0.1, 0.15) is 10.8 Å². The van der Waals surface area contributed by atoms with Crippen molar-refractivity contribution in [1.29, 1.82) is 0 Å². The van der Waals surface area contributed by atoms with E-state index in [2.05, 4.69) is 9.88 Å². The summed E-state index contributed by atoms with van der Waals surface area (Å²) in [5.41, 5.74) is 0.388. The lowest BCUT2D eigenvalue weighted by molar-refractivity contribution is 0.0609. The molecule has 1 N–H and O–H groups in total. The third-order valence-electron chi connectivity index (χ3n) is 3.99. The van der Waals surface area contributed by atoms with Gasteiger partial charge in [0, 0.05) is 38.1 Å². The number of β-amino-alcohol motifs (C(OH)–C–C–N with tert-alkyl or cyclic N) is 1. The first kappa shape index (κ1) is 15.2. The van der Waals surface area contributed by atoms with Gasteiger partial charge in [-0.15, -0.1) is 0 Å². The summed E-state index contributed by atoms with van der Waals surface area (Å²) in [6, 6.07) is 9.44. The van der Waals surface area contributed by atoms with Crippen LogP contribution in [0.4, 0.5) is 0 Å². The van der Waals surface area contributed by atoms with Gasteiger partial charge in [0.2, 0.25) is 0 Å². The second-order valence-electron chi connectivity index (χ2n) is 5.38. The zero-order chi connectivity index (χ0) is 15.5. The van der Waals surface area contributed by atoms with Gasteiger partial charge in [-0.3, -0.25) is 9.69 Å². The molecular formula is C16H18ClN3O2. The Bertz CT molecular complexity index is 684. The maximum atomic E-state index is 12.6. The molecule has 3 rings (SSSR count). The van der Waals surface area contributed by atoms with Gasteiger partial charge in [-0.25, -0.2) is 4.98 Å². The zero-order valence-corrected chi connectivity index (χ0v) is 13.0. The van der Waals surface area contributed by atoms with E-state index in [1.54, 1.807) is 11.0 Å². The summed E-state index contributed by atoms with van der Waals surface area (Å²) in [4.78, 5) is 20.8. The molecule has 0 saturated carbocycles. The molecule has 1 aromatic carbocycles. The number of hydrogen-bond acceptors (Lipinski definition) is 4. The van der Waals surface area contributed by atoms with E-state index in [1.165, 1.54) is 0 Å². The molecule has 1 saturated heterocycles. The normalized spacial score (nSPS) is 16.2. The van der Waals surface area contributed by atoms with Crippen LogP contribution < -0.4 is 0 Å². The molecule has 2 aromatic rings. The average Bonchev–Trinajstić information content (AvgIpc) is 2.55. The number of nitrogens with zero attached hydrogens (tertiary/aromatic N) is 3. The first-order valence-electron chi connectivity index (χ1n) is 7.37. The molecule has 0 radical (unpaired) electrons. The van der Waals surface area contributed by atoms with Gasteiger partial charge in [0.15, 0.2) is 0 Å². The van der Waals surface area contributed by atoms with Crippen LogP contribution in [0.25, 0.3) is 10.8 Å². The zero-order valence-electron chi connectivity index (χ0n) is 12.2. The number of halogens is 1. The largest absolute Gasteiger partial charge is 0.395 e. The van der Waals surface area contributed by atoms with Gasteiger partial charge < -0.3 is 10.0 Å². The highest BCUT2D eigenvalue weighted by Gasteiger charge is 2.23. The fourth-order valence-corrected chi connectivity index (χ4v) is 3.01. The van der Waals surface area contributed by atoms with Crippen LogP contribution in [-0.4, -0.2) is 65.1 Å². The number of piperazine rings is 1. The Kier molecular flexibility index (Phi) is 4.57. The summed E-state index contributed by atoms with van der Waals surface area (Å²) in [5, 5.41) is 11.1. The summed E-state index contributed by atoms with van der Waals surface area (Å²) in [6.45, 7) is 3.63. The Morgan fingerprint density at radius 1 is 1.23 bits per heavy atom. The van der Waals surface area contributed by atoms with Gasteiger partial charge in [-0.2, -0.15) is 0 Å². The van der Waals surface area contributed by atoms with Crippen LogP contribution in [0.2, 0.25) is 5.15 Å². The molecule has 1 fully saturated rings. The molecule has 116 valence electrons. The van der Waals surface area contributed by atoms with E-state index in [0.717, 1.165) is 23.9 Å². The van der Waals surface area contributed by atoms with E-state index in [-0.39, 0.29) is 12.5 Å². The maximum Gasteiger partial charge on any atom is 0.272 e. The van der Waals surface area contributed by atoms with Gasteiger partial charge in [-0.05, 0) is 11.5 Å². The lowest BCUT2D eigenvalue weighted by atomic mass is 10.1. The highest BCUT2D eigenvalue weighted by atomic mass is 35.5. The number of hydrogen-bond donors (Lipinski definition) is 1. The Morgan fingerprint density at radius 2 is 1.95 bits per heavy atom. The number of aromatic nitrogens is 1. The molecule has 0 aliphatic carbocycles. The smallest absolute Gasteiger partial charge is 0.272 e. The van der Waals surface area contributed by atoms with Gasteiger partial charge >= 0.3 is 0 Å². The molecule has 5 nitrogen and oxygen atoms in total. The monoisotopic (exact) mass is 319 g/mol. The second kappa shape index (κ2) is 6.60. The fraction of sp³-hybridized carbons (Fsp3) is 0.375. The number of carbonyl (C=O) groups is 1. The minimum atomic E-state index is -0.0868. The quantitative estimate of drug-likeness (QED) is 0.874. The summed E-state index contributed by atoms with van der Waals surface area (Å²) < 4.78 is 0. The maximum absolute atomic E-state index is 12.6. The number of aliphatic hydroxyl groups excluding tert-OH is 1. The molecule has 1 aliphatic heterocycles. The van der Waals surface area contributed by atoms with Crippen LogP contribution in [-0.2, 0) is 0 Å². The Labute approximate surface area is 134 Å². The molecule has 0 bridgehead atoms. The SMILES string of the molecule is O=C(c1cc2ccccc2c(Cl)n1)N1CCN(CCO)CC1. The molecule has 0 unspecified atom stereocenters. The summed E-state index contributed by atoms with van der Waals surface area (Å²) in [6.07, 6.45) is 0. The van der Waals surface area contributed by atoms with E-state index < -0.39 is 0 Å². The Hall–Kier alpha value is -1.69. The van der Waals surface area contributed by atoms with Crippen molar-refractivity contribution in [3.63, 3.8) is 0 Å². The van der Waals surface area contributed by atoms with Crippen molar-refractivity contribution in [2.75, 3.05) is 39.3 Å². The third-order valence-corrected chi connectivity index (χ3v) is 4.28. The molecule has 0 atom stereocenters. The molecule has 6 heteroatoms. The molecule has 0 spiro atoms. The van der Waals surface area contributed by atoms with Crippen molar-refractivity contribution in [2.45, 2.75) is 0 Å². The molecule has 2 heterocycles. The van der Waals surface area contributed by atoms with Crippen molar-refractivity contribution in [3.05, 3.63) is 41.2 Å². The molecule has 1 amide bonds. The number of benzene rings is 1. The van der Waals surface area contributed by atoms with Crippen LogP contribution in [0, 0.1) is 0 Å². The Balaban J connectivity index is 1.78. The molecule has 1 aliphatic rings. The van der Waals surface area contributed by atoms with E-state index in [0.29, 0.717) is 30.5 Å². The van der Waals surface area contributed by atoms with Crippen molar-refractivity contribution in [1.82, 2.24) is 14.8 Å². The number of pyridine rings is 1. The number of carbonyl (C=O) groups excluding carboxylic acids is 1. The first-order valence-corrected chi connectivity index (χ1v) is 7.74. The highest BCUT2D eigenvalue weighted by molar-refractivity contribution is 6.34. The van der Waals surface area contributed by atoms with E-state index in [4.69, 9.17) is 16.7 Å².